The molecule has 14 heavy (non-hydrogen) atoms. The average molecular weight is 255 g/mol. The summed E-state index contributed by atoms with van der Waals surface area (Å²) in [6, 6.07) is 7.58. The molecule has 1 atom stereocenters. The van der Waals surface area contributed by atoms with E-state index < -0.39 is 0 Å². The number of benzene rings is 1. The zero-order valence-electron chi connectivity index (χ0n) is 7.50. The van der Waals surface area contributed by atoms with Crippen LogP contribution in [0.5, 0.6) is 0 Å². The highest BCUT2D eigenvalue weighted by Gasteiger charge is 2.07. The monoisotopic (exact) mass is 254 g/mol. The molecule has 0 aliphatic rings. The van der Waals surface area contributed by atoms with Gasteiger partial charge in [-0.3, -0.25) is 0 Å². The van der Waals surface area contributed by atoms with Crippen LogP contribution in [-0.2, 0) is 0 Å². The molecule has 1 aromatic carbocycles. The Morgan fingerprint density at radius 2 is 2.21 bits per heavy atom. The summed E-state index contributed by atoms with van der Waals surface area (Å²) < 4.78 is 1.04. The van der Waals surface area contributed by atoms with Gasteiger partial charge in [0.1, 0.15) is 0 Å². The van der Waals surface area contributed by atoms with E-state index in [0.29, 0.717) is 0 Å². The van der Waals surface area contributed by atoms with E-state index in [9.17, 15) is 0 Å². The Morgan fingerprint density at radius 3 is 2.93 bits per heavy atom. The third kappa shape index (κ3) is 1.68. The van der Waals surface area contributed by atoms with Crippen LogP contribution in [0, 0.1) is 0 Å². The first-order valence-corrected chi connectivity index (χ1v) is 5.14. The molecule has 1 aromatic heterocycles. The molecule has 4 heteroatoms. The van der Waals surface area contributed by atoms with Gasteiger partial charge in [-0.05, 0) is 24.3 Å². The molecule has 0 saturated heterocycles. The first-order valence-electron chi connectivity index (χ1n) is 4.35. The number of rotatable bonds is 2. The summed E-state index contributed by atoms with van der Waals surface area (Å²) in [5.41, 5.74) is 7.60. The fourth-order valence-corrected chi connectivity index (χ4v) is 1.80. The predicted molar refractivity (Wildman–Crippen MR) is 60.0 cm³/mol. The third-order valence-corrected chi connectivity index (χ3v) is 2.69. The molecule has 0 spiro atoms. The number of hydrogen-bond acceptors (Lipinski definition) is 2. The summed E-state index contributed by atoms with van der Waals surface area (Å²) in [7, 11) is 0. The van der Waals surface area contributed by atoms with E-state index in [1.165, 1.54) is 0 Å². The minimum atomic E-state index is -0.332. The van der Waals surface area contributed by atoms with Crippen LogP contribution in [0.15, 0.2) is 28.7 Å². The van der Waals surface area contributed by atoms with E-state index in [1.54, 1.807) is 0 Å². The molecule has 0 fully saturated rings. The van der Waals surface area contributed by atoms with E-state index in [1.807, 2.05) is 24.3 Å². The van der Waals surface area contributed by atoms with Gasteiger partial charge in [-0.25, -0.2) is 0 Å². The summed E-state index contributed by atoms with van der Waals surface area (Å²) in [5, 5.41) is 10.0. The Labute approximate surface area is 90.1 Å². The zero-order chi connectivity index (χ0) is 10.1. The number of nitrogens with two attached hydrogens (primary N) is 1. The maximum Gasteiger partial charge on any atom is 0.0683 e. The minimum Gasteiger partial charge on any atom is -0.394 e. The summed E-state index contributed by atoms with van der Waals surface area (Å²) in [6.45, 7) is -0.0476. The molecule has 3 nitrogen and oxygen atoms in total. The van der Waals surface area contributed by atoms with Gasteiger partial charge in [0.25, 0.3) is 0 Å². The predicted octanol–water partition coefficient (Wildman–Crippen LogP) is 1.92. The quantitative estimate of drug-likeness (QED) is 0.767. The topological polar surface area (TPSA) is 62.0 Å². The van der Waals surface area contributed by atoms with Gasteiger partial charge >= 0.3 is 0 Å². The first-order chi connectivity index (χ1) is 6.70. The highest BCUT2D eigenvalue weighted by atomic mass is 79.9. The average Bonchev–Trinajstić information content (AvgIpc) is 2.59. The molecule has 0 aliphatic carbocycles. The van der Waals surface area contributed by atoms with Gasteiger partial charge < -0.3 is 15.8 Å². The van der Waals surface area contributed by atoms with Crippen molar-refractivity contribution in [3.63, 3.8) is 0 Å². The van der Waals surface area contributed by atoms with Gasteiger partial charge in [0.15, 0.2) is 0 Å². The molecular formula is C10H11BrN2O. The maximum atomic E-state index is 8.91. The van der Waals surface area contributed by atoms with Crippen LogP contribution >= 0.6 is 15.9 Å². The molecule has 0 aliphatic heterocycles. The fraction of sp³-hybridized carbons (Fsp3) is 0.200. The van der Waals surface area contributed by atoms with E-state index in [-0.39, 0.29) is 12.6 Å². The molecule has 1 heterocycles. The normalized spacial score (nSPS) is 13.4. The smallest absolute Gasteiger partial charge is 0.0683 e. The van der Waals surface area contributed by atoms with Crippen LogP contribution in [0.3, 0.4) is 0 Å². The van der Waals surface area contributed by atoms with E-state index in [0.717, 1.165) is 21.1 Å². The second-order valence-corrected chi connectivity index (χ2v) is 4.16. The van der Waals surface area contributed by atoms with Gasteiger partial charge in [0.2, 0.25) is 0 Å². The Hall–Kier alpha value is -0.840. The van der Waals surface area contributed by atoms with Crippen LogP contribution < -0.4 is 5.73 Å². The Balaban J connectivity index is 2.51. The molecule has 2 rings (SSSR count). The summed E-state index contributed by atoms with van der Waals surface area (Å²) in [5.74, 6) is 0. The molecule has 0 radical (unpaired) electrons. The molecule has 0 bridgehead atoms. The summed E-state index contributed by atoms with van der Waals surface area (Å²) >= 11 is 3.40. The van der Waals surface area contributed by atoms with Gasteiger partial charge in [-0.15, -0.1) is 0 Å². The second-order valence-electron chi connectivity index (χ2n) is 3.25. The Morgan fingerprint density at radius 1 is 1.43 bits per heavy atom. The Kier molecular flexibility index (Phi) is 2.58. The fourth-order valence-electron chi connectivity index (χ4n) is 1.42. The third-order valence-electron chi connectivity index (χ3n) is 2.20. The van der Waals surface area contributed by atoms with Crippen molar-refractivity contribution in [2.75, 3.05) is 6.61 Å². The molecule has 74 valence electrons. The molecular weight excluding hydrogens is 244 g/mol. The van der Waals surface area contributed by atoms with Crippen LogP contribution in [-0.4, -0.2) is 16.7 Å². The lowest BCUT2D eigenvalue weighted by Crippen LogP contribution is -2.14. The van der Waals surface area contributed by atoms with Gasteiger partial charge in [-0.1, -0.05) is 15.9 Å². The number of aromatic nitrogens is 1. The molecule has 0 saturated carbocycles. The van der Waals surface area contributed by atoms with E-state index in [2.05, 4.69) is 20.9 Å². The van der Waals surface area contributed by atoms with Gasteiger partial charge in [0, 0.05) is 21.1 Å². The number of fused-ring (bicyclic) bond motifs is 1. The lowest BCUT2D eigenvalue weighted by atomic mass is 10.2. The van der Waals surface area contributed by atoms with Crippen molar-refractivity contribution in [1.82, 2.24) is 4.98 Å². The minimum absolute atomic E-state index is 0.0476. The number of aliphatic hydroxyl groups is 1. The highest BCUT2D eigenvalue weighted by Crippen LogP contribution is 2.22. The number of aromatic amines is 1. The van der Waals surface area contributed by atoms with Gasteiger partial charge in [0.05, 0.1) is 12.6 Å². The first kappa shape index (κ1) is 9.71. The van der Waals surface area contributed by atoms with Crippen LogP contribution in [0.2, 0.25) is 0 Å². The van der Waals surface area contributed by atoms with Crippen LogP contribution in [0.25, 0.3) is 10.9 Å². The SMILES string of the molecule is NC(CO)c1cc2cc(Br)ccc2[nH]1. The van der Waals surface area contributed by atoms with Crippen molar-refractivity contribution in [2.24, 2.45) is 5.73 Å². The number of aliphatic hydroxyl groups excluding tert-OH is 1. The van der Waals surface area contributed by atoms with E-state index in [4.69, 9.17) is 10.8 Å². The standard InChI is InChI=1S/C10H11BrN2O/c11-7-1-2-9-6(3-7)4-10(13-9)8(12)5-14/h1-4,8,13-14H,5,12H2. The highest BCUT2D eigenvalue weighted by molar-refractivity contribution is 9.10. The lowest BCUT2D eigenvalue weighted by molar-refractivity contribution is 0.266. The molecule has 0 amide bonds. The van der Waals surface area contributed by atoms with Crippen LogP contribution in [0.4, 0.5) is 0 Å². The number of halogens is 1. The van der Waals surface area contributed by atoms with Crippen molar-refractivity contribution < 1.29 is 5.11 Å². The maximum absolute atomic E-state index is 8.91. The van der Waals surface area contributed by atoms with Crippen molar-refractivity contribution in [3.05, 3.63) is 34.4 Å². The number of H-pyrrole nitrogens is 1. The summed E-state index contributed by atoms with van der Waals surface area (Å²) in [4.78, 5) is 3.17. The van der Waals surface area contributed by atoms with Gasteiger partial charge in [-0.2, -0.15) is 0 Å². The second kappa shape index (κ2) is 3.73. The lowest BCUT2D eigenvalue weighted by Gasteiger charge is -2.03. The van der Waals surface area contributed by atoms with Crippen molar-refractivity contribution in [3.8, 4) is 0 Å². The van der Waals surface area contributed by atoms with Crippen molar-refractivity contribution in [2.45, 2.75) is 6.04 Å². The van der Waals surface area contributed by atoms with Crippen molar-refractivity contribution >= 4 is 26.8 Å². The van der Waals surface area contributed by atoms with E-state index >= 15 is 0 Å². The zero-order valence-corrected chi connectivity index (χ0v) is 9.08. The largest absolute Gasteiger partial charge is 0.394 e. The molecule has 2 aromatic rings. The van der Waals surface area contributed by atoms with Crippen LogP contribution in [0.1, 0.15) is 11.7 Å². The van der Waals surface area contributed by atoms with Crippen molar-refractivity contribution in [1.29, 1.82) is 0 Å². The molecule has 4 N–H and O–H groups in total. The number of nitrogens with one attached hydrogen (secondary N) is 1. The Bertz CT molecular complexity index is 452. The number of hydrogen-bond donors (Lipinski definition) is 3. The molecule has 1 unspecified atom stereocenters. The summed E-state index contributed by atoms with van der Waals surface area (Å²) in [6.07, 6.45) is 0.